The third kappa shape index (κ3) is 8.14. The molecule has 0 radical (unpaired) electrons. The first-order valence-electron chi connectivity index (χ1n) is 12.3. The van der Waals surface area contributed by atoms with E-state index in [2.05, 4.69) is 35.7 Å². The highest BCUT2D eigenvalue weighted by molar-refractivity contribution is 7.21. The van der Waals surface area contributed by atoms with E-state index in [1.165, 1.54) is 0 Å². The minimum Gasteiger partial charge on any atom is -0.468 e. The van der Waals surface area contributed by atoms with Crippen LogP contribution in [-0.4, -0.2) is 43.8 Å². The monoisotopic (exact) mass is 532 g/mol. The summed E-state index contributed by atoms with van der Waals surface area (Å²) in [6, 6.07) is 21.7. The predicted molar refractivity (Wildman–Crippen MR) is 154 cm³/mol. The van der Waals surface area contributed by atoms with E-state index in [0.717, 1.165) is 37.7 Å². The summed E-state index contributed by atoms with van der Waals surface area (Å²) in [7, 11) is 1.64. The lowest BCUT2D eigenvalue weighted by atomic mass is 10.1. The molecule has 1 amide bonds. The van der Waals surface area contributed by atoms with Gasteiger partial charge in [0, 0.05) is 18.4 Å². The second-order valence-electron chi connectivity index (χ2n) is 9.52. The number of nitrogens with zero attached hydrogens (tertiary/aromatic N) is 1. The van der Waals surface area contributed by atoms with Crippen molar-refractivity contribution in [3.63, 3.8) is 0 Å². The molecule has 0 saturated heterocycles. The fourth-order valence-corrected chi connectivity index (χ4v) is 4.46. The van der Waals surface area contributed by atoms with Gasteiger partial charge < -0.3 is 18.9 Å². The van der Waals surface area contributed by atoms with Gasteiger partial charge in [-0.2, -0.15) is 0 Å². The third-order valence-corrected chi connectivity index (χ3v) is 6.35. The molecule has 1 N–H and O–H groups in total. The Bertz CT molecular complexity index is 1370. The molecule has 1 aromatic heterocycles. The Balaban J connectivity index is 1.34. The molecule has 0 spiro atoms. The zero-order valence-electron chi connectivity index (χ0n) is 22.0. The van der Waals surface area contributed by atoms with Crippen molar-refractivity contribution >= 4 is 45.5 Å². The topological polar surface area (TPSA) is 78.9 Å². The first kappa shape index (κ1) is 27.3. The molecule has 0 aliphatic heterocycles. The van der Waals surface area contributed by atoms with E-state index in [-0.39, 0.29) is 6.79 Å². The van der Waals surface area contributed by atoms with Crippen LogP contribution in [0, 0.1) is 0 Å². The summed E-state index contributed by atoms with van der Waals surface area (Å²) in [4.78, 5) is 16.7. The Morgan fingerprint density at radius 3 is 2.29 bits per heavy atom. The van der Waals surface area contributed by atoms with Gasteiger partial charge in [-0.25, -0.2) is 9.78 Å². The molecular formula is C30H32N2O5S. The van der Waals surface area contributed by atoms with Crippen molar-refractivity contribution in [1.82, 2.24) is 4.98 Å². The molecule has 0 aliphatic rings. The van der Waals surface area contributed by atoms with Crippen LogP contribution in [0.4, 0.5) is 10.5 Å². The van der Waals surface area contributed by atoms with Crippen LogP contribution in [0.15, 0.2) is 66.7 Å². The quantitative estimate of drug-likeness (QED) is 0.130. The van der Waals surface area contributed by atoms with Crippen molar-refractivity contribution in [2.24, 2.45) is 0 Å². The maximum atomic E-state index is 11.9. The number of methoxy groups -OCH3 is 1. The lowest BCUT2D eigenvalue weighted by molar-refractivity contribution is -0.00840. The molecule has 3 aromatic carbocycles. The van der Waals surface area contributed by atoms with E-state index in [1.807, 2.05) is 69.3 Å². The molecule has 0 aliphatic carbocycles. The van der Waals surface area contributed by atoms with Gasteiger partial charge in [0.25, 0.3) is 0 Å². The smallest absolute Gasteiger partial charge is 0.412 e. The molecule has 0 saturated carbocycles. The fourth-order valence-electron chi connectivity index (χ4n) is 3.46. The molecule has 0 unspecified atom stereocenters. The number of carbonyl (C=O) groups excluding carboxylic acids is 1. The van der Waals surface area contributed by atoms with Crippen LogP contribution < -0.4 is 10.1 Å². The molecule has 0 atom stereocenters. The van der Waals surface area contributed by atoms with E-state index >= 15 is 0 Å². The number of rotatable bonds is 10. The number of benzene rings is 3. The molecule has 0 bridgehead atoms. The molecule has 1 heterocycles. The molecular weight excluding hydrogens is 500 g/mol. The van der Waals surface area contributed by atoms with Crippen molar-refractivity contribution in [2.45, 2.75) is 26.4 Å². The van der Waals surface area contributed by atoms with E-state index in [0.29, 0.717) is 18.9 Å². The largest absolute Gasteiger partial charge is 0.468 e. The lowest BCUT2D eigenvalue weighted by Gasteiger charge is -2.19. The lowest BCUT2D eigenvalue weighted by Crippen LogP contribution is -2.27. The zero-order valence-corrected chi connectivity index (χ0v) is 22.8. The number of hydrogen-bond acceptors (Lipinski definition) is 7. The maximum absolute atomic E-state index is 11.9. The normalized spacial score (nSPS) is 11.7. The van der Waals surface area contributed by atoms with Crippen LogP contribution >= 0.6 is 11.3 Å². The molecule has 0 fully saturated rings. The Hall–Kier alpha value is -3.72. The Labute approximate surface area is 227 Å². The first-order valence-corrected chi connectivity index (χ1v) is 13.1. The summed E-state index contributed by atoms with van der Waals surface area (Å²) in [6.07, 6.45) is 3.62. The molecule has 8 heteroatoms. The molecule has 198 valence electrons. The Morgan fingerprint density at radius 2 is 1.63 bits per heavy atom. The predicted octanol–water partition coefficient (Wildman–Crippen LogP) is 7.48. The summed E-state index contributed by atoms with van der Waals surface area (Å²) in [6.45, 7) is 6.72. The van der Waals surface area contributed by atoms with E-state index in [4.69, 9.17) is 23.9 Å². The summed E-state index contributed by atoms with van der Waals surface area (Å²) in [5.41, 5.74) is 4.25. The second-order valence-corrected chi connectivity index (χ2v) is 10.5. The molecule has 38 heavy (non-hydrogen) atoms. The van der Waals surface area contributed by atoms with Gasteiger partial charge in [0.05, 0.1) is 23.4 Å². The molecule has 7 nitrogen and oxygen atoms in total. The van der Waals surface area contributed by atoms with E-state index < -0.39 is 11.7 Å². The number of nitrogens with one attached hydrogen (secondary N) is 1. The average molecular weight is 533 g/mol. The standard InChI is InChI=1S/C30H32N2O5S/c1-30(2,3)37-29(33)31-24-13-9-22(10-14-24)6-5-21-7-11-23(12-8-21)28-32-26-16-15-25(19-27(26)38-28)36-20-35-18-17-34-4/h5-16,19H,17-18,20H2,1-4H3,(H,31,33)/b6-5+. The van der Waals surface area contributed by atoms with E-state index in [9.17, 15) is 4.79 Å². The minimum atomic E-state index is -0.534. The molecule has 4 rings (SSSR count). The average Bonchev–Trinajstić information content (AvgIpc) is 3.31. The summed E-state index contributed by atoms with van der Waals surface area (Å²) in [5.74, 6) is 0.749. The van der Waals surface area contributed by atoms with Gasteiger partial charge in [0.1, 0.15) is 16.4 Å². The van der Waals surface area contributed by atoms with Crippen molar-refractivity contribution in [3.05, 3.63) is 77.9 Å². The fraction of sp³-hybridized carbons (Fsp3) is 0.267. The van der Waals surface area contributed by atoms with Crippen LogP contribution in [0.2, 0.25) is 0 Å². The summed E-state index contributed by atoms with van der Waals surface area (Å²) in [5, 5.41) is 3.70. The van der Waals surface area contributed by atoms with E-state index in [1.54, 1.807) is 18.4 Å². The highest BCUT2D eigenvalue weighted by atomic mass is 32.1. The number of thiazole rings is 1. The molecule has 4 aromatic rings. The van der Waals surface area contributed by atoms with Gasteiger partial charge in [-0.3, -0.25) is 5.32 Å². The van der Waals surface area contributed by atoms with Gasteiger partial charge >= 0.3 is 6.09 Å². The van der Waals surface area contributed by atoms with Crippen LogP contribution in [0.1, 0.15) is 31.9 Å². The van der Waals surface area contributed by atoms with Crippen LogP contribution in [-0.2, 0) is 14.2 Å². The first-order chi connectivity index (χ1) is 18.3. The highest BCUT2D eigenvalue weighted by Crippen LogP contribution is 2.32. The van der Waals surface area contributed by atoms with Gasteiger partial charge in [-0.15, -0.1) is 11.3 Å². The number of aromatic nitrogens is 1. The number of hydrogen-bond donors (Lipinski definition) is 1. The van der Waals surface area contributed by atoms with Crippen LogP contribution in [0.25, 0.3) is 32.9 Å². The van der Waals surface area contributed by atoms with Crippen LogP contribution in [0.5, 0.6) is 5.75 Å². The zero-order chi connectivity index (χ0) is 27.0. The number of anilines is 1. The Kier molecular flexibility index (Phi) is 9.12. The third-order valence-electron chi connectivity index (χ3n) is 5.28. The number of carbonyl (C=O) groups is 1. The number of fused-ring (bicyclic) bond motifs is 1. The maximum Gasteiger partial charge on any atom is 0.412 e. The SMILES string of the molecule is COCCOCOc1ccc2nc(-c3ccc(/C=C/c4ccc(NC(=O)OC(C)(C)C)cc4)cc3)sc2c1. The number of amides is 1. The highest BCUT2D eigenvalue weighted by Gasteiger charge is 2.16. The van der Waals surface area contributed by atoms with Crippen molar-refractivity contribution in [1.29, 1.82) is 0 Å². The second kappa shape index (κ2) is 12.7. The van der Waals surface area contributed by atoms with Crippen molar-refractivity contribution in [2.75, 3.05) is 32.4 Å². The number of ether oxygens (including phenoxy) is 4. The van der Waals surface area contributed by atoms with Crippen molar-refractivity contribution < 1.29 is 23.7 Å². The van der Waals surface area contributed by atoms with Gasteiger partial charge in [-0.05, 0) is 62.2 Å². The van der Waals surface area contributed by atoms with Gasteiger partial charge in [0.2, 0.25) is 0 Å². The summed E-state index contributed by atoms with van der Waals surface area (Å²) >= 11 is 1.63. The van der Waals surface area contributed by atoms with Crippen molar-refractivity contribution in [3.8, 4) is 16.3 Å². The summed E-state index contributed by atoms with van der Waals surface area (Å²) < 4.78 is 22.3. The van der Waals surface area contributed by atoms with Crippen LogP contribution in [0.3, 0.4) is 0 Å². The Morgan fingerprint density at radius 1 is 0.947 bits per heavy atom. The van der Waals surface area contributed by atoms with Gasteiger partial charge in [0.15, 0.2) is 6.79 Å². The van der Waals surface area contributed by atoms with Gasteiger partial charge in [-0.1, -0.05) is 48.6 Å². The minimum absolute atomic E-state index is 0.183.